The van der Waals surface area contributed by atoms with Gasteiger partial charge in [-0.1, -0.05) is 23.7 Å². The molecule has 1 aliphatic rings. The number of nitrogens with zero attached hydrogens (tertiary/aromatic N) is 4. The molecule has 8 nitrogen and oxygen atoms in total. The Labute approximate surface area is 228 Å². The Morgan fingerprint density at radius 1 is 1.15 bits per heavy atom. The van der Waals surface area contributed by atoms with Gasteiger partial charge in [0, 0.05) is 37.4 Å². The molecule has 0 radical (unpaired) electrons. The zero-order valence-corrected chi connectivity index (χ0v) is 22.5. The van der Waals surface area contributed by atoms with E-state index in [1.807, 2.05) is 0 Å². The molecular formula is C24H24ClF5N4O4S. The van der Waals surface area contributed by atoms with Gasteiger partial charge in [-0.15, -0.1) is 21.5 Å². The average Bonchev–Trinajstić information content (AvgIpc) is 3.47. The summed E-state index contributed by atoms with van der Waals surface area (Å²) in [5, 5.41) is 27.7. The van der Waals surface area contributed by atoms with Crippen molar-refractivity contribution in [3.8, 4) is 21.3 Å². The second kappa shape index (κ2) is 10.1. The molecule has 0 saturated carbocycles. The monoisotopic (exact) mass is 594 g/mol. The van der Waals surface area contributed by atoms with Gasteiger partial charge < -0.3 is 19.5 Å². The van der Waals surface area contributed by atoms with Crippen LogP contribution in [0.4, 0.5) is 22.0 Å². The molecule has 0 spiro atoms. The standard InChI is InChI=1S/C24H24ClF5N4O4S/c1-21(2,36)20-33-32-17(38-20)18-31-15(19(35)34-8-6-23(26,27)7-9-34)16(39-18)12-4-5-13(14(25)10-12)11-22(3,37)24(28,29)30/h4-5,10,36-37H,6-9,11H2,1-3H3. The minimum absolute atomic E-state index is 0.0188. The van der Waals surface area contributed by atoms with Crippen molar-refractivity contribution < 1.29 is 41.4 Å². The van der Waals surface area contributed by atoms with Gasteiger partial charge in [-0.2, -0.15) is 13.2 Å². The second-order valence-electron chi connectivity index (χ2n) is 10.1. The van der Waals surface area contributed by atoms with E-state index in [-0.39, 0.29) is 51.0 Å². The first-order valence-corrected chi connectivity index (χ1v) is 12.9. The average molecular weight is 595 g/mol. The highest BCUT2D eigenvalue weighted by Gasteiger charge is 2.50. The molecule has 1 saturated heterocycles. The summed E-state index contributed by atoms with van der Waals surface area (Å²) in [7, 11) is 0. The molecule has 1 amide bonds. The van der Waals surface area contributed by atoms with E-state index in [1.165, 1.54) is 36.9 Å². The van der Waals surface area contributed by atoms with Crippen LogP contribution < -0.4 is 0 Å². The number of carbonyl (C=O) groups excluding carboxylic acids is 1. The van der Waals surface area contributed by atoms with Crippen molar-refractivity contribution in [1.29, 1.82) is 0 Å². The summed E-state index contributed by atoms with van der Waals surface area (Å²) >= 11 is 7.22. The first kappa shape index (κ1) is 29.3. The molecule has 1 atom stereocenters. The van der Waals surface area contributed by atoms with E-state index in [4.69, 9.17) is 16.0 Å². The molecule has 0 bridgehead atoms. The quantitative estimate of drug-likeness (QED) is 0.364. The number of halogens is 6. The molecule has 1 aromatic carbocycles. The number of alkyl halides is 5. The number of rotatable bonds is 6. The van der Waals surface area contributed by atoms with Crippen LogP contribution in [0.1, 0.15) is 55.6 Å². The number of benzene rings is 1. The summed E-state index contributed by atoms with van der Waals surface area (Å²) in [5.41, 5.74) is -4.26. The number of piperidine rings is 1. The van der Waals surface area contributed by atoms with Gasteiger partial charge in [-0.3, -0.25) is 4.79 Å². The normalized spacial score (nSPS) is 17.8. The number of aliphatic hydroxyl groups is 2. The van der Waals surface area contributed by atoms with E-state index in [0.717, 1.165) is 11.3 Å². The Hall–Kier alpha value is -2.68. The molecule has 212 valence electrons. The molecule has 3 heterocycles. The lowest BCUT2D eigenvalue weighted by molar-refractivity contribution is -0.252. The van der Waals surface area contributed by atoms with Gasteiger partial charge in [0.05, 0.1) is 4.88 Å². The van der Waals surface area contributed by atoms with E-state index in [0.29, 0.717) is 12.5 Å². The van der Waals surface area contributed by atoms with Crippen LogP contribution in [0, 0.1) is 0 Å². The van der Waals surface area contributed by atoms with Gasteiger partial charge in [0.1, 0.15) is 11.3 Å². The fraction of sp³-hybridized carbons (Fsp3) is 0.500. The number of hydrogen-bond acceptors (Lipinski definition) is 8. The summed E-state index contributed by atoms with van der Waals surface area (Å²) in [6, 6.07) is 4.05. The van der Waals surface area contributed by atoms with Crippen molar-refractivity contribution in [2.75, 3.05) is 13.1 Å². The van der Waals surface area contributed by atoms with Crippen molar-refractivity contribution in [2.24, 2.45) is 0 Å². The predicted octanol–water partition coefficient (Wildman–Crippen LogP) is 5.47. The third-order valence-electron chi connectivity index (χ3n) is 6.20. The van der Waals surface area contributed by atoms with Crippen molar-refractivity contribution in [1.82, 2.24) is 20.1 Å². The van der Waals surface area contributed by atoms with Gasteiger partial charge in [0.2, 0.25) is 5.89 Å². The van der Waals surface area contributed by atoms with Gasteiger partial charge in [-0.25, -0.2) is 13.8 Å². The van der Waals surface area contributed by atoms with Crippen LogP contribution in [-0.2, 0) is 12.0 Å². The maximum atomic E-state index is 13.7. The SMILES string of the molecule is CC(C)(O)c1nnc(-c2nc(C(=O)N3CCC(F)(F)CC3)c(-c3ccc(CC(C)(O)C(F)(F)F)c(Cl)c3)s2)o1. The lowest BCUT2D eigenvalue weighted by Gasteiger charge is -2.31. The Balaban J connectivity index is 1.74. The summed E-state index contributed by atoms with van der Waals surface area (Å²) < 4.78 is 72.4. The number of amides is 1. The van der Waals surface area contributed by atoms with Crippen LogP contribution in [0.3, 0.4) is 0 Å². The highest BCUT2D eigenvalue weighted by Crippen LogP contribution is 2.40. The minimum Gasteiger partial charge on any atom is -0.415 e. The molecule has 1 fully saturated rings. The van der Waals surface area contributed by atoms with Crippen LogP contribution in [0.15, 0.2) is 22.6 Å². The third kappa shape index (κ3) is 6.23. The Kier molecular flexibility index (Phi) is 7.56. The molecule has 0 aliphatic carbocycles. The van der Waals surface area contributed by atoms with Crippen LogP contribution in [0.5, 0.6) is 0 Å². The molecule has 1 unspecified atom stereocenters. The molecule has 2 aromatic heterocycles. The Bertz CT molecular complexity index is 1370. The largest absolute Gasteiger partial charge is 0.417 e. The first-order valence-electron chi connectivity index (χ1n) is 11.7. The summed E-state index contributed by atoms with van der Waals surface area (Å²) in [6.45, 7) is 3.09. The molecule has 2 N–H and O–H groups in total. The molecular weight excluding hydrogens is 571 g/mol. The Morgan fingerprint density at radius 2 is 1.79 bits per heavy atom. The van der Waals surface area contributed by atoms with Gasteiger partial charge in [0.25, 0.3) is 17.7 Å². The number of likely N-dealkylation sites (tertiary alicyclic amines) is 1. The zero-order chi connectivity index (χ0) is 29.0. The maximum absolute atomic E-state index is 13.7. The number of carbonyl (C=O) groups is 1. The maximum Gasteiger partial charge on any atom is 0.417 e. The summed E-state index contributed by atoms with van der Waals surface area (Å²) in [5.74, 6) is -3.73. The fourth-order valence-corrected chi connectivity index (χ4v) is 5.02. The fourth-order valence-electron chi connectivity index (χ4n) is 3.80. The first-order chi connectivity index (χ1) is 17.9. The number of hydrogen-bond donors (Lipinski definition) is 2. The van der Waals surface area contributed by atoms with Gasteiger partial charge >= 0.3 is 6.18 Å². The number of aromatic nitrogens is 3. The van der Waals surface area contributed by atoms with Crippen LogP contribution in [0.2, 0.25) is 5.02 Å². The van der Waals surface area contributed by atoms with Crippen molar-refractivity contribution >= 4 is 28.8 Å². The van der Waals surface area contributed by atoms with E-state index < -0.39 is 48.5 Å². The molecule has 3 aromatic rings. The van der Waals surface area contributed by atoms with Crippen molar-refractivity contribution in [3.63, 3.8) is 0 Å². The van der Waals surface area contributed by atoms with Crippen molar-refractivity contribution in [3.05, 3.63) is 40.4 Å². The number of thiazole rings is 1. The Morgan fingerprint density at radius 3 is 2.33 bits per heavy atom. The van der Waals surface area contributed by atoms with E-state index in [2.05, 4.69) is 15.2 Å². The molecule has 1 aliphatic heterocycles. The van der Waals surface area contributed by atoms with E-state index in [1.54, 1.807) is 0 Å². The van der Waals surface area contributed by atoms with Gasteiger partial charge in [0.15, 0.2) is 10.6 Å². The van der Waals surface area contributed by atoms with Gasteiger partial charge in [-0.05, 0) is 38.0 Å². The van der Waals surface area contributed by atoms with Crippen molar-refractivity contribution in [2.45, 2.75) is 63.3 Å². The lowest BCUT2D eigenvalue weighted by atomic mass is 9.95. The highest BCUT2D eigenvalue weighted by atomic mass is 35.5. The zero-order valence-electron chi connectivity index (χ0n) is 20.9. The van der Waals surface area contributed by atoms with Crippen LogP contribution in [0.25, 0.3) is 21.3 Å². The molecule has 15 heteroatoms. The predicted molar refractivity (Wildman–Crippen MR) is 132 cm³/mol. The van der Waals surface area contributed by atoms with E-state index in [9.17, 15) is 37.0 Å². The molecule has 4 rings (SSSR count). The van der Waals surface area contributed by atoms with Crippen LogP contribution >= 0.6 is 22.9 Å². The third-order valence-corrected chi connectivity index (χ3v) is 7.65. The minimum atomic E-state index is -4.89. The second-order valence-corrected chi connectivity index (χ2v) is 11.5. The smallest absolute Gasteiger partial charge is 0.415 e. The molecule has 39 heavy (non-hydrogen) atoms. The topological polar surface area (TPSA) is 113 Å². The summed E-state index contributed by atoms with van der Waals surface area (Å²) in [4.78, 5) is 19.2. The lowest BCUT2D eigenvalue weighted by Crippen LogP contribution is -2.44. The van der Waals surface area contributed by atoms with E-state index >= 15 is 0 Å². The highest BCUT2D eigenvalue weighted by molar-refractivity contribution is 7.18. The van der Waals surface area contributed by atoms with Crippen LogP contribution in [-0.4, -0.2) is 67.0 Å². The summed E-state index contributed by atoms with van der Waals surface area (Å²) in [6.07, 6.45) is -6.72.